The van der Waals surface area contributed by atoms with E-state index >= 15 is 0 Å². The Labute approximate surface area is 114 Å². The van der Waals surface area contributed by atoms with E-state index in [0.717, 1.165) is 29.0 Å². The summed E-state index contributed by atoms with van der Waals surface area (Å²) in [7, 11) is 1.68. The van der Waals surface area contributed by atoms with Crippen LogP contribution in [0.1, 0.15) is 6.42 Å². The normalized spacial score (nSPS) is 10.2. The van der Waals surface area contributed by atoms with Crippen LogP contribution in [0.4, 0.5) is 0 Å². The Morgan fingerprint density at radius 2 is 1.74 bits per heavy atom. The fourth-order valence-electron chi connectivity index (χ4n) is 1.89. The monoisotopic (exact) mass is 257 g/mol. The average molecular weight is 257 g/mol. The fraction of sp³-hybridized carbons (Fsp3) is 0.250. The predicted octanol–water partition coefficient (Wildman–Crippen LogP) is 3.09. The third-order valence-electron chi connectivity index (χ3n) is 2.89. The van der Waals surface area contributed by atoms with Crippen molar-refractivity contribution in [1.82, 2.24) is 0 Å². The van der Waals surface area contributed by atoms with E-state index in [2.05, 4.69) is 0 Å². The highest BCUT2D eigenvalue weighted by molar-refractivity contribution is 5.70. The van der Waals surface area contributed by atoms with Crippen molar-refractivity contribution in [3.8, 4) is 22.6 Å². The summed E-state index contributed by atoms with van der Waals surface area (Å²) in [6.45, 7) is 1.31. The molecule has 2 rings (SSSR count). The Bertz CT molecular complexity index is 508. The van der Waals surface area contributed by atoms with Gasteiger partial charge in [-0.1, -0.05) is 30.3 Å². The molecule has 19 heavy (non-hydrogen) atoms. The largest absolute Gasteiger partial charge is 0.496 e. The Balaban J connectivity index is 2.13. The van der Waals surface area contributed by atoms with Gasteiger partial charge in [-0.05, 0) is 36.7 Å². The van der Waals surface area contributed by atoms with Gasteiger partial charge in [0.05, 0.1) is 13.7 Å². The van der Waals surface area contributed by atoms with Crippen molar-refractivity contribution in [3.63, 3.8) is 0 Å². The molecule has 2 aromatic rings. The second kappa shape index (κ2) is 6.81. The van der Waals surface area contributed by atoms with Crippen molar-refractivity contribution in [3.05, 3.63) is 48.5 Å². The lowest BCUT2D eigenvalue weighted by molar-refractivity contribution is 0.313. The molecule has 2 aromatic carbocycles. The Morgan fingerprint density at radius 3 is 2.42 bits per heavy atom. The minimum Gasteiger partial charge on any atom is -0.496 e. The Kier molecular flexibility index (Phi) is 4.81. The maximum absolute atomic E-state index is 5.58. The number of nitrogens with two attached hydrogens (primary N) is 1. The maximum Gasteiger partial charge on any atom is 0.126 e. The summed E-state index contributed by atoms with van der Waals surface area (Å²) in [6, 6.07) is 16.0. The van der Waals surface area contributed by atoms with Crippen LogP contribution in [0.15, 0.2) is 48.5 Å². The third-order valence-corrected chi connectivity index (χ3v) is 2.89. The average Bonchev–Trinajstić information content (AvgIpc) is 2.48. The topological polar surface area (TPSA) is 44.5 Å². The van der Waals surface area contributed by atoms with E-state index < -0.39 is 0 Å². The van der Waals surface area contributed by atoms with Gasteiger partial charge in [0.25, 0.3) is 0 Å². The van der Waals surface area contributed by atoms with Crippen LogP contribution in [-0.2, 0) is 0 Å². The molecular weight excluding hydrogens is 238 g/mol. The molecule has 3 heteroatoms. The minimum atomic E-state index is 0.652. The van der Waals surface area contributed by atoms with Crippen LogP contribution < -0.4 is 15.2 Å². The number of methoxy groups -OCH3 is 1. The maximum atomic E-state index is 5.58. The highest BCUT2D eigenvalue weighted by Gasteiger charge is 2.04. The van der Waals surface area contributed by atoms with Crippen molar-refractivity contribution in [2.24, 2.45) is 5.73 Å². The van der Waals surface area contributed by atoms with Crippen LogP contribution in [-0.4, -0.2) is 20.3 Å². The number of hydrogen-bond donors (Lipinski definition) is 1. The first kappa shape index (κ1) is 13.4. The van der Waals surface area contributed by atoms with E-state index in [1.54, 1.807) is 7.11 Å². The zero-order valence-electron chi connectivity index (χ0n) is 11.1. The molecule has 100 valence electrons. The first-order valence-corrected chi connectivity index (χ1v) is 6.41. The molecule has 0 spiro atoms. The van der Waals surface area contributed by atoms with Gasteiger partial charge in [-0.25, -0.2) is 0 Å². The van der Waals surface area contributed by atoms with Gasteiger partial charge < -0.3 is 15.2 Å². The molecule has 0 radical (unpaired) electrons. The number of rotatable bonds is 6. The molecule has 0 aliphatic carbocycles. The Morgan fingerprint density at radius 1 is 1.00 bits per heavy atom. The molecule has 2 N–H and O–H groups in total. The fourth-order valence-corrected chi connectivity index (χ4v) is 1.89. The van der Waals surface area contributed by atoms with Crippen LogP contribution in [0.3, 0.4) is 0 Å². The van der Waals surface area contributed by atoms with Gasteiger partial charge in [0.15, 0.2) is 0 Å². The van der Waals surface area contributed by atoms with Gasteiger partial charge in [0.1, 0.15) is 11.5 Å². The predicted molar refractivity (Wildman–Crippen MR) is 77.6 cm³/mol. The molecular formula is C16H19NO2. The van der Waals surface area contributed by atoms with Crippen LogP contribution in [0.5, 0.6) is 11.5 Å². The van der Waals surface area contributed by atoms with Crippen molar-refractivity contribution in [2.45, 2.75) is 6.42 Å². The molecule has 0 bridgehead atoms. The van der Waals surface area contributed by atoms with E-state index in [1.165, 1.54) is 0 Å². The molecule has 0 aromatic heterocycles. The lowest BCUT2D eigenvalue weighted by Crippen LogP contribution is -2.05. The summed E-state index contributed by atoms with van der Waals surface area (Å²) in [5.41, 5.74) is 7.63. The first-order valence-electron chi connectivity index (χ1n) is 6.41. The number of ether oxygens (including phenoxy) is 2. The molecule has 0 fully saturated rings. The molecule has 0 amide bonds. The molecule has 0 atom stereocenters. The smallest absolute Gasteiger partial charge is 0.126 e. The van der Waals surface area contributed by atoms with Crippen LogP contribution in [0.25, 0.3) is 11.1 Å². The molecule has 0 aliphatic heterocycles. The number of hydrogen-bond acceptors (Lipinski definition) is 3. The van der Waals surface area contributed by atoms with E-state index in [-0.39, 0.29) is 0 Å². The zero-order chi connectivity index (χ0) is 13.5. The van der Waals surface area contributed by atoms with Crippen LogP contribution in [0.2, 0.25) is 0 Å². The molecule has 0 aliphatic rings. The molecule has 0 saturated heterocycles. The second-order valence-electron chi connectivity index (χ2n) is 4.22. The van der Waals surface area contributed by atoms with E-state index in [9.17, 15) is 0 Å². The summed E-state index contributed by atoms with van der Waals surface area (Å²) in [4.78, 5) is 0. The molecule has 0 saturated carbocycles. The summed E-state index contributed by atoms with van der Waals surface area (Å²) in [6.07, 6.45) is 0.869. The van der Waals surface area contributed by atoms with Crippen molar-refractivity contribution in [2.75, 3.05) is 20.3 Å². The second-order valence-corrected chi connectivity index (χ2v) is 4.22. The highest BCUT2D eigenvalue weighted by Crippen LogP contribution is 2.30. The quantitative estimate of drug-likeness (QED) is 0.809. The molecule has 0 heterocycles. The van der Waals surface area contributed by atoms with E-state index in [4.69, 9.17) is 15.2 Å². The van der Waals surface area contributed by atoms with Crippen LogP contribution >= 0.6 is 0 Å². The van der Waals surface area contributed by atoms with Gasteiger partial charge in [0, 0.05) is 5.56 Å². The first-order chi connectivity index (χ1) is 9.35. The summed E-state index contributed by atoms with van der Waals surface area (Å²) < 4.78 is 10.9. The lowest BCUT2D eigenvalue weighted by atomic mass is 10.0. The summed E-state index contributed by atoms with van der Waals surface area (Å²) in [5.74, 6) is 1.74. The van der Waals surface area contributed by atoms with Gasteiger partial charge in [0.2, 0.25) is 0 Å². The zero-order valence-corrected chi connectivity index (χ0v) is 11.1. The van der Waals surface area contributed by atoms with Crippen molar-refractivity contribution >= 4 is 0 Å². The summed E-state index contributed by atoms with van der Waals surface area (Å²) >= 11 is 0. The summed E-state index contributed by atoms with van der Waals surface area (Å²) in [5, 5.41) is 0. The molecule has 3 nitrogen and oxygen atoms in total. The highest BCUT2D eigenvalue weighted by atomic mass is 16.5. The Hall–Kier alpha value is -2.00. The lowest BCUT2D eigenvalue weighted by Gasteiger charge is -2.09. The van der Waals surface area contributed by atoms with Gasteiger partial charge >= 0.3 is 0 Å². The van der Waals surface area contributed by atoms with Gasteiger partial charge in [-0.3, -0.25) is 0 Å². The van der Waals surface area contributed by atoms with Gasteiger partial charge in [-0.15, -0.1) is 0 Å². The SMILES string of the molecule is COc1ccccc1-c1ccc(OCCCN)cc1. The van der Waals surface area contributed by atoms with E-state index in [1.807, 2.05) is 48.5 Å². The number of benzene rings is 2. The minimum absolute atomic E-state index is 0.652. The molecule has 0 unspecified atom stereocenters. The number of para-hydroxylation sites is 1. The van der Waals surface area contributed by atoms with Crippen molar-refractivity contribution in [1.29, 1.82) is 0 Å². The van der Waals surface area contributed by atoms with E-state index in [0.29, 0.717) is 13.2 Å². The third kappa shape index (κ3) is 3.48. The standard InChI is InChI=1S/C16H19NO2/c1-18-16-6-3-2-5-15(16)13-7-9-14(10-8-13)19-12-4-11-17/h2-3,5-10H,4,11-12,17H2,1H3. The van der Waals surface area contributed by atoms with Gasteiger partial charge in [-0.2, -0.15) is 0 Å². The van der Waals surface area contributed by atoms with Crippen LogP contribution in [0, 0.1) is 0 Å². The van der Waals surface area contributed by atoms with Crippen molar-refractivity contribution < 1.29 is 9.47 Å².